The molecule has 0 spiro atoms. The van der Waals surface area contributed by atoms with Crippen LogP contribution in [0.25, 0.3) is 0 Å². The summed E-state index contributed by atoms with van der Waals surface area (Å²) in [4.78, 5) is 23.3. The van der Waals surface area contributed by atoms with Crippen LogP contribution in [0.4, 0.5) is 10.1 Å². The summed E-state index contributed by atoms with van der Waals surface area (Å²) in [5.74, 6) is -2.44. The number of carbonyl (C=O) groups is 2. The minimum Gasteiger partial charge on any atom is -0.478 e. The number of rotatable bonds is 3. The fourth-order valence-corrected chi connectivity index (χ4v) is 2.21. The Morgan fingerprint density at radius 2 is 1.90 bits per heavy atom. The summed E-state index contributed by atoms with van der Waals surface area (Å²) in [6, 6.07) is 8.31. The molecule has 4 nitrogen and oxygen atoms in total. The van der Waals surface area contributed by atoms with E-state index in [4.69, 9.17) is 5.11 Å². The number of carbonyl (C=O) groups excluding carboxylic acids is 1. The minimum atomic E-state index is -1.31. The highest BCUT2D eigenvalue weighted by atomic mass is 79.9. The zero-order valence-corrected chi connectivity index (χ0v) is 12.6. The minimum absolute atomic E-state index is 0.0493. The van der Waals surface area contributed by atoms with Crippen molar-refractivity contribution in [2.24, 2.45) is 0 Å². The van der Waals surface area contributed by atoms with Crippen molar-refractivity contribution in [3.63, 3.8) is 0 Å². The van der Waals surface area contributed by atoms with Crippen LogP contribution in [-0.2, 0) is 0 Å². The van der Waals surface area contributed by atoms with Gasteiger partial charge in [-0.25, -0.2) is 9.18 Å². The van der Waals surface area contributed by atoms with Gasteiger partial charge in [-0.2, -0.15) is 0 Å². The molecule has 0 aliphatic carbocycles. The monoisotopic (exact) mass is 351 g/mol. The number of carboxylic acids is 1. The highest BCUT2D eigenvalue weighted by Crippen LogP contribution is 2.22. The van der Waals surface area contributed by atoms with Gasteiger partial charge in [0.15, 0.2) is 0 Å². The van der Waals surface area contributed by atoms with Crippen molar-refractivity contribution in [1.82, 2.24) is 0 Å². The molecule has 2 N–H and O–H groups in total. The molecule has 21 heavy (non-hydrogen) atoms. The van der Waals surface area contributed by atoms with Crippen molar-refractivity contribution in [2.75, 3.05) is 5.32 Å². The van der Waals surface area contributed by atoms with E-state index in [1.165, 1.54) is 6.07 Å². The molecule has 0 atom stereocenters. The lowest BCUT2D eigenvalue weighted by atomic mass is 10.1. The molecule has 0 radical (unpaired) electrons. The normalized spacial score (nSPS) is 10.2. The number of benzene rings is 2. The molecule has 0 aliphatic heterocycles. The lowest BCUT2D eigenvalue weighted by molar-refractivity contribution is 0.0697. The molecule has 0 unspecified atom stereocenters. The average Bonchev–Trinajstić information content (AvgIpc) is 2.43. The molecule has 0 heterocycles. The van der Waals surface area contributed by atoms with Crippen LogP contribution in [0.15, 0.2) is 40.9 Å². The maximum absolute atomic E-state index is 13.1. The second-order valence-corrected chi connectivity index (χ2v) is 5.22. The summed E-state index contributed by atoms with van der Waals surface area (Å²) in [6.45, 7) is 1.77. The fourth-order valence-electron chi connectivity index (χ4n) is 1.85. The van der Waals surface area contributed by atoms with Gasteiger partial charge in [0.2, 0.25) is 0 Å². The van der Waals surface area contributed by atoms with Crippen LogP contribution in [0.3, 0.4) is 0 Å². The van der Waals surface area contributed by atoms with Crippen molar-refractivity contribution in [3.05, 3.63) is 63.4 Å². The van der Waals surface area contributed by atoms with Gasteiger partial charge in [-0.05, 0) is 42.8 Å². The van der Waals surface area contributed by atoms with Crippen LogP contribution in [0.1, 0.15) is 26.3 Å². The van der Waals surface area contributed by atoms with Crippen LogP contribution in [0, 0.1) is 12.7 Å². The lowest BCUT2D eigenvalue weighted by Crippen LogP contribution is -2.16. The molecule has 2 aromatic carbocycles. The Balaban J connectivity index is 2.36. The molecule has 108 valence electrons. The van der Waals surface area contributed by atoms with Crippen LogP contribution >= 0.6 is 15.9 Å². The smallest absolute Gasteiger partial charge is 0.337 e. The first-order valence-corrected chi connectivity index (χ1v) is 6.78. The van der Waals surface area contributed by atoms with E-state index in [0.717, 1.165) is 22.2 Å². The number of hydrogen-bond donors (Lipinski definition) is 2. The van der Waals surface area contributed by atoms with Crippen molar-refractivity contribution in [3.8, 4) is 0 Å². The SMILES string of the molecule is Cc1c(Br)cccc1C(=O)Nc1ccc(F)cc1C(=O)O. The first-order valence-electron chi connectivity index (χ1n) is 5.99. The molecular formula is C15H11BrFNO3. The molecule has 2 aromatic rings. The Labute approximate surface area is 128 Å². The number of anilines is 1. The second-order valence-electron chi connectivity index (χ2n) is 4.36. The topological polar surface area (TPSA) is 66.4 Å². The molecule has 0 saturated heterocycles. The van der Waals surface area contributed by atoms with Crippen molar-refractivity contribution in [2.45, 2.75) is 6.92 Å². The van der Waals surface area contributed by atoms with E-state index in [1.54, 1.807) is 25.1 Å². The molecule has 0 aliphatic rings. The van der Waals surface area contributed by atoms with Gasteiger partial charge in [0.25, 0.3) is 5.91 Å². The van der Waals surface area contributed by atoms with E-state index < -0.39 is 17.7 Å². The predicted molar refractivity (Wildman–Crippen MR) is 80.2 cm³/mol. The Hall–Kier alpha value is -2.21. The highest BCUT2D eigenvalue weighted by Gasteiger charge is 2.16. The number of amides is 1. The summed E-state index contributed by atoms with van der Waals surface area (Å²) in [5.41, 5.74) is 0.892. The van der Waals surface area contributed by atoms with Gasteiger partial charge < -0.3 is 10.4 Å². The average molecular weight is 352 g/mol. The summed E-state index contributed by atoms with van der Waals surface area (Å²) in [7, 11) is 0. The Morgan fingerprint density at radius 1 is 1.19 bits per heavy atom. The maximum atomic E-state index is 13.1. The summed E-state index contributed by atoms with van der Waals surface area (Å²) < 4.78 is 13.9. The van der Waals surface area contributed by atoms with Gasteiger partial charge >= 0.3 is 5.97 Å². The number of nitrogens with one attached hydrogen (secondary N) is 1. The Bertz CT molecular complexity index is 731. The molecule has 0 fully saturated rings. The van der Waals surface area contributed by atoms with E-state index in [0.29, 0.717) is 5.56 Å². The van der Waals surface area contributed by atoms with Gasteiger partial charge in [-0.15, -0.1) is 0 Å². The van der Waals surface area contributed by atoms with E-state index in [1.807, 2.05) is 0 Å². The summed E-state index contributed by atoms with van der Waals surface area (Å²) in [6.07, 6.45) is 0. The number of halogens is 2. The predicted octanol–water partition coefficient (Wildman–Crippen LogP) is 3.85. The molecular weight excluding hydrogens is 341 g/mol. The summed E-state index contributed by atoms with van der Waals surface area (Å²) >= 11 is 3.32. The fraction of sp³-hybridized carbons (Fsp3) is 0.0667. The molecule has 0 bridgehead atoms. The van der Waals surface area contributed by atoms with Crippen LogP contribution in [-0.4, -0.2) is 17.0 Å². The van der Waals surface area contributed by atoms with E-state index in [-0.39, 0.29) is 11.3 Å². The molecule has 2 rings (SSSR count). The quantitative estimate of drug-likeness (QED) is 0.882. The largest absolute Gasteiger partial charge is 0.478 e. The first-order chi connectivity index (χ1) is 9.90. The van der Waals surface area contributed by atoms with Crippen molar-refractivity contribution in [1.29, 1.82) is 0 Å². The number of aromatic carboxylic acids is 1. The van der Waals surface area contributed by atoms with Gasteiger partial charge in [-0.1, -0.05) is 22.0 Å². The van der Waals surface area contributed by atoms with Gasteiger partial charge in [0, 0.05) is 10.0 Å². The number of carboxylic acid groups (broad SMARTS) is 1. The maximum Gasteiger partial charge on any atom is 0.337 e. The third-order valence-electron chi connectivity index (χ3n) is 2.97. The van der Waals surface area contributed by atoms with Crippen molar-refractivity contribution < 1.29 is 19.1 Å². The zero-order chi connectivity index (χ0) is 15.6. The summed E-state index contributed by atoms with van der Waals surface area (Å²) in [5, 5.41) is 11.5. The third kappa shape index (κ3) is 3.28. The second kappa shape index (κ2) is 6.05. The third-order valence-corrected chi connectivity index (χ3v) is 3.83. The van der Waals surface area contributed by atoms with Crippen LogP contribution < -0.4 is 5.32 Å². The standard InChI is InChI=1S/C15H11BrFNO3/c1-8-10(3-2-4-12(8)16)14(19)18-13-6-5-9(17)7-11(13)15(20)21/h2-7H,1H3,(H,18,19)(H,20,21). The molecule has 0 saturated carbocycles. The molecule has 1 amide bonds. The zero-order valence-electron chi connectivity index (χ0n) is 11.0. The number of hydrogen-bond acceptors (Lipinski definition) is 2. The lowest BCUT2D eigenvalue weighted by Gasteiger charge is -2.11. The Kier molecular flexibility index (Phi) is 4.37. The highest BCUT2D eigenvalue weighted by molar-refractivity contribution is 9.10. The van der Waals surface area contributed by atoms with E-state index in [9.17, 15) is 14.0 Å². The van der Waals surface area contributed by atoms with Crippen LogP contribution in [0.5, 0.6) is 0 Å². The first kappa shape index (κ1) is 15.2. The van der Waals surface area contributed by atoms with Gasteiger partial charge in [0.05, 0.1) is 11.3 Å². The van der Waals surface area contributed by atoms with E-state index in [2.05, 4.69) is 21.2 Å². The Morgan fingerprint density at radius 3 is 2.57 bits per heavy atom. The molecule has 6 heteroatoms. The van der Waals surface area contributed by atoms with Gasteiger partial charge in [-0.3, -0.25) is 4.79 Å². The van der Waals surface area contributed by atoms with E-state index >= 15 is 0 Å². The van der Waals surface area contributed by atoms with Crippen molar-refractivity contribution >= 4 is 33.5 Å². The van der Waals surface area contributed by atoms with Crippen LogP contribution in [0.2, 0.25) is 0 Å². The molecule has 0 aromatic heterocycles. The van der Waals surface area contributed by atoms with Gasteiger partial charge in [0.1, 0.15) is 5.82 Å².